The van der Waals surface area contributed by atoms with Crippen LogP contribution in [0.1, 0.15) is 41.9 Å². The van der Waals surface area contributed by atoms with Gasteiger partial charge in [-0.3, -0.25) is 11.3 Å². The Morgan fingerprint density at radius 1 is 1.25 bits per heavy atom. The van der Waals surface area contributed by atoms with E-state index < -0.39 is 0 Å². The summed E-state index contributed by atoms with van der Waals surface area (Å²) in [7, 11) is 0. The zero-order valence-electron chi connectivity index (χ0n) is 12.6. The molecule has 4 heteroatoms. The molecule has 108 valence electrons. The molecule has 3 N–H and O–H groups in total. The predicted molar refractivity (Wildman–Crippen MR) is 82.2 cm³/mol. The minimum absolute atomic E-state index is 0.0895. The van der Waals surface area contributed by atoms with Crippen molar-refractivity contribution >= 4 is 0 Å². The monoisotopic (exact) mass is 272 g/mol. The molecule has 0 amide bonds. The van der Waals surface area contributed by atoms with Gasteiger partial charge in [0.05, 0.1) is 6.04 Å². The zero-order chi connectivity index (χ0) is 14.5. The van der Waals surface area contributed by atoms with E-state index in [1.807, 2.05) is 12.4 Å². The summed E-state index contributed by atoms with van der Waals surface area (Å²) >= 11 is 0. The van der Waals surface area contributed by atoms with E-state index in [0.717, 1.165) is 25.2 Å². The highest BCUT2D eigenvalue weighted by Gasteiger charge is 2.14. The Kier molecular flexibility index (Phi) is 4.93. The van der Waals surface area contributed by atoms with Gasteiger partial charge in [0.2, 0.25) is 0 Å². The van der Waals surface area contributed by atoms with Crippen molar-refractivity contribution in [3.05, 3.63) is 53.1 Å². The molecule has 1 unspecified atom stereocenters. The van der Waals surface area contributed by atoms with E-state index in [2.05, 4.69) is 53.9 Å². The van der Waals surface area contributed by atoms with E-state index in [0.29, 0.717) is 0 Å². The Balaban J connectivity index is 2.22. The molecule has 0 aliphatic rings. The molecule has 0 saturated carbocycles. The average Bonchev–Trinajstić information content (AvgIpc) is 2.82. The maximum atomic E-state index is 5.76. The van der Waals surface area contributed by atoms with Gasteiger partial charge in [-0.05, 0) is 25.8 Å². The lowest BCUT2D eigenvalue weighted by atomic mass is 9.99. The first-order valence-corrected chi connectivity index (χ1v) is 7.18. The maximum absolute atomic E-state index is 5.76. The normalized spacial score (nSPS) is 12.6. The summed E-state index contributed by atoms with van der Waals surface area (Å²) in [6.07, 6.45) is 5.80. The van der Waals surface area contributed by atoms with Gasteiger partial charge in [-0.25, -0.2) is 4.98 Å². The smallest absolute Gasteiger partial charge is 0.110 e. The molecule has 1 heterocycles. The minimum Gasteiger partial charge on any atom is -0.335 e. The van der Waals surface area contributed by atoms with Crippen LogP contribution in [0.2, 0.25) is 0 Å². The van der Waals surface area contributed by atoms with Gasteiger partial charge >= 0.3 is 0 Å². The fourth-order valence-electron chi connectivity index (χ4n) is 2.64. The summed E-state index contributed by atoms with van der Waals surface area (Å²) in [4.78, 5) is 4.46. The number of nitrogens with one attached hydrogen (secondary N) is 1. The van der Waals surface area contributed by atoms with Crippen molar-refractivity contribution in [2.45, 2.75) is 46.2 Å². The van der Waals surface area contributed by atoms with E-state index in [1.54, 1.807) is 0 Å². The molecule has 1 atom stereocenters. The number of rotatable bonds is 6. The molecule has 1 aromatic carbocycles. The van der Waals surface area contributed by atoms with Crippen LogP contribution in [-0.2, 0) is 13.0 Å². The van der Waals surface area contributed by atoms with Crippen LogP contribution in [0.15, 0.2) is 30.6 Å². The first kappa shape index (κ1) is 14.8. The lowest BCUT2D eigenvalue weighted by Crippen LogP contribution is -2.30. The molecule has 0 bridgehead atoms. The van der Waals surface area contributed by atoms with Crippen LogP contribution < -0.4 is 11.3 Å². The van der Waals surface area contributed by atoms with Gasteiger partial charge in [0, 0.05) is 25.4 Å². The number of hydrogen-bond acceptors (Lipinski definition) is 3. The molecule has 0 radical (unpaired) electrons. The first-order valence-electron chi connectivity index (χ1n) is 7.18. The third-order valence-electron chi connectivity index (χ3n) is 3.50. The quantitative estimate of drug-likeness (QED) is 0.628. The second-order valence-corrected chi connectivity index (χ2v) is 5.38. The van der Waals surface area contributed by atoms with Crippen LogP contribution in [0.4, 0.5) is 0 Å². The molecule has 0 fully saturated rings. The third-order valence-corrected chi connectivity index (χ3v) is 3.50. The van der Waals surface area contributed by atoms with Gasteiger partial charge in [-0.2, -0.15) is 0 Å². The van der Waals surface area contributed by atoms with E-state index in [1.165, 1.54) is 16.7 Å². The van der Waals surface area contributed by atoms with Gasteiger partial charge in [0.1, 0.15) is 5.82 Å². The molecule has 1 aromatic heterocycles. The number of aromatic nitrogens is 2. The molecule has 0 spiro atoms. The minimum atomic E-state index is 0.0895. The largest absolute Gasteiger partial charge is 0.335 e. The highest BCUT2D eigenvalue weighted by atomic mass is 15.2. The highest BCUT2D eigenvalue weighted by molar-refractivity contribution is 5.31. The van der Waals surface area contributed by atoms with Crippen molar-refractivity contribution in [3.63, 3.8) is 0 Å². The zero-order valence-corrected chi connectivity index (χ0v) is 12.6. The first-order chi connectivity index (χ1) is 9.63. The molecule has 0 saturated heterocycles. The highest BCUT2D eigenvalue weighted by Crippen LogP contribution is 2.20. The van der Waals surface area contributed by atoms with Crippen molar-refractivity contribution in [1.29, 1.82) is 0 Å². The Labute approximate surface area is 121 Å². The van der Waals surface area contributed by atoms with Gasteiger partial charge in [0.25, 0.3) is 0 Å². The number of benzene rings is 1. The Morgan fingerprint density at radius 2 is 1.95 bits per heavy atom. The molecule has 0 aliphatic heterocycles. The van der Waals surface area contributed by atoms with E-state index >= 15 is 0 Å². The van der Waals surface area contributed by atoms with Crippen molar-refractivity contribution in [1.82, 2.24) is 15.0 Å². The molecular formula is C16H24N4. The van der Waals surface area contributed by atoms with Gasteiger partial charge in [0.15, 0.2) is 0 Å². The summed E-state index contributed by atoms with van der Waals surface area (Å²) in [5.74, 6) is 6.84. The maximum Gasteiger partial charge on any atom is 0.110 e. The molecular weight excluding hydrogens is 248 g/mol. The van der Waals surface area contributed by atoms with Crippen LogP contribution in [0.3, 0.4) is 0 Å². The van der Waals surface area contributed by atoms with E-state index in [9.17, 15) is 0 Å². The summed E-state index contributed by atoms with van der Waals surface area (Å²) < 4.78 is 2.20. The third kappa shape index (κ3) is 3.46. The Bertz CT molecular complexity index is 539. The van der Waals surface area contributed by atoms with E-state index in [4.69, 9.17) is 5.84 Å². The van der Waals surface area contributed by atoms with Crippen molar-refractivity contribution in [2.24, 2.45) is 5.84 Å². The average molecular weight is 272 g/mol. The Hall–Kier alpha value is -1.65. The lowest BCUT2D eigenvalue weighted by molar-refractivity contribution is 0.516. The molecule has 20 heavy (non-hydrogen) atoms. The second-order valence-electron chi connectivity index (χ2n) is 5.38. The molecule has 4 nitrogen and oxygen atoms in total. The fraction of sp³-hybridized carbons (Fsp3) is 0.438. The standard InChI is InChI=1S/C16H24N4/c1-4-6-20-7-5-18-16(20)11-15(19-17)14-9-12(2)8-13(3)10-14/h5,7-10,15,19H,4,6,11,17H2,1-3H3. The SMILES string of the molecule is CCCn1ccnc1CC(NN)c1cc(C)cc(C)c1. The molecule has 2 aromatic rings. The van der Waals surface area contributed by atoms with Gasteiger partial charge in [-0.1, -0.05) is 36.2 Å². The van der Waals surface area contributed by atoms with Crippen molar-refractivity contribution < 1.29 is 0 Å². The summed E-state index contributed by atoms with van der Waals surface area (Å²) in [6, 6.07) is 6.64. The van der Waals surface area contributed by atoms with Crippen molar-refractivity contribution in [3.8, 4) is 0 Å². The second kappa shape index (κ2) is 6.68. The van der Waals surface area contributed by atoms with Crippen LogP contribution in [0.5, 0.6) is 0 Å². The molecule has 2 rings (SSSR count). The number of hydrogen-bond donors (Lipinski definition) is 2. The van der Waals surface area contributed by atoms with Crippen molar-refractivity contribution in [2.75, 3.05) is 0 Å². The summed E-state index contributed by atoms with van der Waals surface area (Å²) in [5, 5.41) is 0. The summed E-state index contributed by atoms with van der Waals surface area (Å²) in [6.45, 7) is 7.40. The lowest BCUT2D eigenvalue weighted by Gasteiger charge is -2.18. The number of aryl methyl sites for hydroxylation is 3. The number of nitrogens with zero attached hydrogens (tertiary/aromatic N) is 2. The van der Waals surface area contributed by atoms with Gasteiger partial charge in [-0.15, -0.1) is 0 Å². The van der Waals surface area contributed by atoms with Gasteiger partial charge < -0.3 is 4.57 Å². The number of nitrogens with two attached hydrogens (primary N) is 1. The molecule has 0 aliphatic carbocycles. The number of imidazole rings is 1. The topological polar surface area (TPSA) is 55.9 Å². The van der Waals surface area contributed by atoms with Crippen LogP contribution in [-0.4, -0.2) is 9.55 Å². The fourth-order valence-corrected chi connectivity index (χ4v) is 2.64. The van der Waals surface area contributed by atoms with Crippen LogP contribution in [0, 0.1) is 13.8 Å². The summed E-state index contributed by atoms with van der Waals surface area (Å²) in [5.41, 5.74) is 6.67. The van der Waals surface area contributed by atoms with Crippen LogP contribution >= 0.6 is 0 Å². The van der Waals surface area contributed by atoms with Crippen LogP contribution in [0.25, 0.3) is 0 Å². The van der Waals surface area contributed by atoms with E-state index in [-0.39, 0.29) is 6.04 Å². The predicted octanol–water partition coefficient (Wildman–Crippen LogP) is 2.66. The Morgan fingerprint density at radius 3 is 2.55 bits per heavy atom. The number of hydrazine groups is 1.